The van der Waals surface area contributed by atoms with Gasteiger partial charge in [0.2, 0.25) is 5.91 Å². The first-order chi connectivity index (χ1) is 7.58. The van der Waals surface area contributed by atoms with Crippen LogP contribution < -0.4 is 5.56 Å². The van der Waals surface area contributed by atoms with E-state index in [4.69, 9.17) is 0 Å². The van der Waals surface area contributed by atoms with Gasteiger partial charge in [-0.1, -0.05) is 0 Å². The molecule has 2 heterocycles. The zero-order valence-electron chi connectivity index (χ0n) is 9.69. The minimum Gasteiger partial charge on any atom is -0.342 e. The molecule has 1 aliphatic heterocycles. The van der Waals surface area contributed by atoms with Crippen LogP contribution in [0.1, 0.15) is 31.4 Å². The number of amides is 1. The van der Waals surface area contributed by atoms with Gasteiger partial charge in [-0.05, 0) is 12.8 Å². The molecule has 1 aromatic heterocycles. The van der Waals surface area contributed by atoms with Crippen molar-refractivity contribution < 1.29 is 4.79 Å². The van der Waals surface area contributed by atoms with Crippen LogP contribution in [0.2, 0.25) is 0 Å². The summed E-state index contributed by atoms with van der Waals surface area (Å²) in [5.74, 6) is 0.384. The number of hydrogen-bond donors (Lipinski definition) is 1. The van der Waals surface area contributed by atoms with Gasteiger partial charge in [-0.2, -0.15) is 0 Å². The Hall–Kier alpha value is -1.52. The molecule has 0 radical (unpaired) electrons. The van der Waals surface area contributed by atoms with Gasteiger partial charge in [-0.25, -0.2) is 0 Å². The van der Waals surface area contributed by atoms with Gasteiger partial charge in [0.15, 0.2) is 0 Å². The number of carbonyl (C=O) groups excluding carboxylic acids is 1. The molecule has 5 heteroatoms. The van der Waals surface area contributed by atoms with Crippen molar-refractivity contribution in [1.29, 1.82) is 0 Å². The predicted molar refractivity (Wildman–Crippen MR) is 60.3 cm³/mol. The lowest BCUT2D eigenvalue weighted by Gasteiger charge is -2.31. The van der Waals surface area contributed by atoms with Crippen molar-refractivity contribution >= 4 is 5.91 Å². The van der Waals surface area contributed by atoms with E-state index in [1.807, 2.05) is 4.90 Å². The van der Waals surface area contributed by atoms with Gasteiger partial charge < -0.3 is 4.90 Å². The lowest BCUT2D eigenvalue weighted by Crippen LogP contribution is -2.37. The van der Waals surface area contributed by atoms with E-state index < -0.39 is 0 Å². The molecule has 16 heavy (non-hydrogen) atoms. The summed E-state index contributed by atoms with van der Waals surface area (Å²) in [6.07, 6.45) is 2.03. The van der Waals surface area contributed by atoms with Crippen molar-refractivity contribution in [2.24, 2.45) is 7.05 Å². The second-order valence-electron chi connectivity index (χ2n) is 4.41. The Bertz CT molecular complexity index is 446. The Kier molecular flexibility index (Phi) is 2.85. The predicted octanol–water partition coefficient (Wildman–Crippen LogP) is 0.439. The van der Waals surface area contributed by atoms with Crippen LogP contribution in [0, 0.1) is 0 Å². The summed E-state index contributed by atoms with van der Waals surface area (Å²) in [4.78, 5) is 24.5. The molecule has 5 nitrogen and oxygen atoms in total. The van der Waals surface area contributed by atoms with E-state index in [1.54, 1.807) is 20.0 Å². The number of nitrogens with zero attached hydrogens (tertiary/aromatic N) is 2. The Balaban J connectivity index is 2.15. The van der Waals surface area contributed by atoms with Crippen LogP contribution in [0.15, 0.2) is 10.9 Å². The number of aromatic nitrogens is 2. The zero-order chi connectivity index (χ0) is 11.7. The third-order valence-corrected chi connectivity index (χ3v) is 3.21. The van der Waals surface area contributed by atoms with Gasteiger partial charge >= 0.3 is 0 Å². The summed E-state index contributed by atoms with van der Waals surface area (Å²) in [5, 5.41) is 3.04. The van der Waals surface area contributed by atoms with E-state index in [0.29, 0.717) is 0 Å². The van der Waals surface area contributed by atoms with Crippen LogP contribution in [-0.4, -0.2) is 33.7 Å². The summed E-state index contributed by atoms with van der Waals surface area (Å²) < 4.78 is 1.47. The van der Waals surface area contributed by atoms with E-state index >= 15 is 0 Å². The number of rotatable bonds is 1. The first-order valence-corrected chi connectivity index (χ1v) is 5.59. The zero-order valence-corrected chi connectivity index (χ0v) is 9.69. The van der Waals surface area contributed by atoms with Gasteiger partial charge in [0, 0.05) is 44.7 Å². The number of hydrogen-bond acceptors (Lipinski definition) is 2. The number of aryl methyl sites for hydroxylation is 1. The molecule has 0 aromatic carbocycles. The number of aromatic amines is 1. The molecule has 1 aromatic rings. The minimum atomic E-state index is -0.0186. The lowest BCUT2D eigenvalue weighted by atomic mass is 9.95. The van der Waals surface area contributed by atoms with E-state index in [1.165, 1.54) is 4.68 Å². The number of likely N-dealkylation sites (tertiary alicyclic amines) is 1. The molecule has 0 saturated carbocycles. The second kappa shape index (κ2) is 4.15. The van der Waals surface area contributed by atoms with Crippen molar-refractivity contribution in [2.45, 2.75) is 25.7 Å². The van der Waals surface area contributed by atoms with Crippen molar-refractivity contribution in [3.05, 3.63) is 22.1 Å². The fourth-order valence-electron chi connectivity index (χ4n) is 2.24. The Morgan fingerprint density at radius 1 is 1.56 bits per heavy atom. The molecule has 1 saturated heterocycles. The van der Waals surface area contributed by atoms with Crippen molar-refractivity contribution in [3.63, 3.8) is 0 Å². The molecule has 1 amide bonds. The number of piperidine rings is 1. The molecular formula is C11H17N3O2. The van der Waals surface area contributed by atoms with E-state index in [2.05, 4.69) is 5.10 Å². The smallest absolute Gasteiger partial charge is 0.266 e. The Labute approximate surface area is 94.0 Å². The van der Waals surface area contributed by atoms with Crippen molar-refractivity contribution in [2.75, 3.05) is 13.1 Å². The molecular weight excluding hydrogens is 206 g/mol. The topological polar surface area (TPSA) is 58.1 Å². The highest BCUT2D eigenvalue weighted by atomic mass is 16.2. The Morgan fingerprint density at radius 2 is 2.31 bits per heavy atom. The van der Waals surface area contributed by atoms with Gasteiger partial charge in [0.25, 0.3) is 5.56 Å². The van der Waals surface area contributed by atoms with Crippen LogP contribution in [0.4, 0.5) is 0 Å². The summed E-state index contributed by atoms with van der Waals surface area (Å²) in [6, 6.07) is 1.63. The maximum absolute atomic E-state index is 11.3. The second-order valence-corrected chi connectivity index (χ2v) is 4.41. The van der Waals surface area contributed by atoms with Gasteiger partial charge in [0.1, 0.15) is 0 Å². The summed E-state index contributed by atoms with van der Waals surface area (Å²) in [5.41, 5.74) is 0.924. The monoisotopic (exact) mass is 223 g/mol. The van der Waals surface area contributed by atoms with Crippen molar-refractivity contribution in [1.82, 2.24) is 14.7 Å². The van der Waals surface area contributed by atoms with Crippen LogP contribution in [0.5, 0.6) is 0 Å². The van der Waals surface area contributed by atoms with Crippen LogP contribution in [-0.2, 0) is 11.8 Å². The van der Waals surface area contributed by atoms with Crippen LogP contribution in [0.25, 0.3) is 0 Å². The fraction of sp³-hybridized carbons (Fsp3) is 0.636. The van der Waals surface area contributed by atoms with E-state index in [-0.39, 0.29) is 17.4 Å². The van der Waals surface area contributed by atoms with Crippen LogP contribution in [0.3, 0.4) is 0 Å². The van der Waals surface area contributed by atoms with Crippen molar-refractivity contribution in [3.8, 4) is 0 Å². The third-order valence-electron chi connectivity index (χ3n) is 3.21. The van der Waals surface area contributed by atoms with Gasteiger partial charge in [-0.15, -0.1) is 0 Å². The number of H-pyrrole nitrogens is 1. The lowest BCUT2D eigenvalue weighted by molar-refractivity contribution is -0.130. The molecule has 0 spiro atoms. The largest absolute Gasteiger partial charge is 0.342 e. The summed E-state index contributed by atoms with van der Waals surface area (Å²) >= 11 is 0. The summed E-state index contributed by atoms with van der Waals surface area (Å²) in [7, 11) is 1.71. The standard InChI is InChI=1S/C11H17N3O2/c1-8(15)14-5-3-4-9(7-14)10-6-11(16)13(2)12-10/h6,9,12H,3-5,7H2,1-2H3. The van der Waals surface area contributed by atoms with Gasteiger partial charge in [-0.3, -0.25) is 19.4 Å². The average Bonchev–Trinajstić information content (AvgIpc) is 2.59. The minimum absolute atomic E-state index is 0.0186. The molecule has 1 unspecified atom stereocenters. The molecule has 88 valence electrons. The first kappa shape index (κ1) is 11.0. The molecule has 1 fully saturated rings. The molecule has 1 aliphatic rings. The highest BCUT2D eigenvalue weighted by molar-refractivity contribution is 5.73. The number of carbonyl (C=O) groups is 1. The van der Waals surface area contributed by atoms with E-state index in [9.17, 15) is 9.59 Å². The SMILES string of the molecule is CC(=O)N1CCCC(c2cc(=O)n(C)[nH]2)C1. The maximum atomic E-state index is 11.3. The van der Waals surface area contributed by atoms with Crippen LogP contribution >= 0.6 is 0 Å². The molecule has 1 N–H and O–H groups in total. The summed E-state index contributed by atoms with van der Waals surface area (Å²) in [6.45, 7) is 3.15. The Morgan fingerprint density at radius 3 is 2.88 bits per heavy atom. The molecule has 0 bridgehead atoms. The highest BCUT2D eigenvalue weighted by Crippen LogP contribution is 2.24. The average molecular weight is 223 g/mol. The highest BCUT2D eigenvalue weighted by Gasteiger charge is 2.24. The first-order valence-electron chi connectivity index (χ1n) is 5.59. The molecule has 2 rings (SSSR count). The maximum Gasteiger partial charge on any atom is 0.266 e. The molecule has 0 aliphatic carbocycles. The molecule has 1 atom stereocenters. The van der Waals surface area contributed by atoms with Gasteiger partial charge in [0.05, 0.1) is 0 Å². The fourth-order valence-corrected chi connectivity index (χ4v) is 2.24. The van der Waals surface area contributed by atoms with E-state index in [0.717, 1.165) is 31.6 Å². The third kappa shape index (κ3) is 2.03. The number of nitrogens with one attached hydrogen (secondary N) is 1. The normalized spacial score (nSPS) is 21.1. The quantitative estimate of drug-likeness (QED) is 0.751.